The molecule has 1 aliphatic rings. The molecule has 5 heteroatoms. The van der Waals surface area contributed by atoms with E-state index < -0.39 is 0 Å². The molecule has 1 heterocycles. The van der Waals surface area contributed by atoms with Crippen molar-refractivity contribution in [3.8, 4) is 11.5 Å². The lowest BCUT2D eigenvalue weighted by molar-refractivity contribution is -0.121. The maximum atomic E-state index is 12.5. The Bertz CT molecular complexity index is 755. The van der Waals surface area contributed by atoms with Crippen molar-refractivity contribution in [3.63, 3.8) is 0 Å². The van der Waals surface area contributed by atoms with Crippen LogP contribution in [0.5, 0.6) is 11.5 Å². The zero-order valence-corrected chi connectivity index (χ0v) is 16.8. The van der Waals surface area contributed by atoms with Gasteiger partial charge in [-0.15, -0.1) is 0 Å². The topological polar surface area (TPSA) is 50.8 Å². The molecule has 1 atom stereocenters. The monoisotopic (exact) mass is 382 g/mol. The second-order valence-corrected chi connectivity index (χ2v) is 7.15. The number of hydrogen-bond acceptors (Lipinski definition) is 4. The Morgan fingerprint density at radius 1 is 1.04 bits per heavy atom. The van der Waals surface area contributed by atoms with Gasteiger partial charge in [-0.2, -0.15) is 0 Å². The molecule has 2 aromatic rings. The van der Waals surface area contributed by atoms with Gasteiger partial charge >= 0.3 is 0 Å². The lowest BCUT2D eigenvalue weighted by Gasteiger charge is -2.29. The van der Waals surface area contributed by atoms with Crippen molar-refractivity contribution in [2.24, 2.45) is 0 Å². The van der Waals surface area contributed by atoms with Crippen LogP contribution in [0.3, 0.4) is 0 Å². The summed E-state index contributed by atoms with van der Waals surface area (Å²) in [6.45, 7) is 2.72. The molecule has 28 heavy (non-hydrogen) atoms. The highest BCUT2D eigenvalue weighted by Gasteiger charge is 2.26. The predicted octanol–water partition coefficient (Wildman–Crippen LogP) is 3.59. The first kappa shape index (κ1) is 20.2. The number of carbonyl (C=O) groups excluding carboxylic acids is 1. The first-order chi connectivity index (χ1) is 13.7. The molecule has 5 nitrogen and oxygen atoms in total. The Hall–Kier alpha value is -2.53. The summed E-state index contributed by atoms with van der Waals surface area (Å²) >= 11 is 0. The minimum absolute atomic E-state index is 0.0786. The number of ether oxygens (including phenoxy) is 2. The van der Waals surface area contributed by atoms with Gasteiger partial charge in [-0.1, -0.05) is 30.3 Å². The van der Waals surface area contributed by atoms with Crippen molar-refractivity contribution in [1.82, 2.24) is 10.2 Å². The molecule has 1 fully saturated rings. The first-order valence-electron chi connectivity index (χ1n) is 9.98. The van der Waals surface area contributed by atoms with Crippen molar-refractivity contribution >= 4 is 5.91 Å². The highest BCUT2D eigenvalue weighted by atomic mass is 16.5. The van der Waals surface area contributed by atoms with Crippen LogP contribution >= 0.6 is 0 Å². The van der Waals surface area contributed by atoms with E-state index in [1.165, 1.54) is 12.8 Å². The average Bonchev–Trinajstić information content (AvgIpc) is 3.27. The van der Waals surface area contributed by atoms with E-state index in [4.69, 9.17) is 9.47 Å². The van der Waals surface area contributed by atoms with Crippen molar-refractivity contribution in [2.45, 2.75) is 31.7 Å². The van der Waals surface area contributed by atoms with Gasteiger partial charge in [0.25, 0.3) is 0 Å². The van der Waals surface area contributed by atoms with Gasteiger partial charge in [-0.25, -0.2) is 0 Å². The third-order valence-corrected chi connectivity index (χ3v) is 5.37. The molecule has 2 aromatic carbocycles. The molecule has 0 aliphatic carbocycles. The van der Waals surface area contributed by atoms with E-state index in [2.05, 4.69) is 16.3 Å². The van der Waals surface area contributed by atoms with Crippen molar-refractivity contribution in [1.29, 1.82) is 0 Å². The summed E-state index contributed by atoms with van der Waals surface area (Å²) in [5.74, 6) is 1.79. The van der Waals surface area contributed by atoms with Gasteiger partial charge in [-0.3, -0.25) is 9.69 Å². The van der Waals surface area contributed by atoms with Crippen molar-refractivity contribution in [3.05, 3.63) is 59.7 Å². The Balaban J connectivity index is 1.58. The van der Waals surface area contributed by atoms with Crippen LogP contribution in [0.25, 0.3) is 0 Å². The van der Waals surface area contributed by atoms with Crippen molar-refractivity contribution < 1.29 is 14.3 Å². The predicted molar refractivity (Wildman–Crippen MR) is 111 cm³/mol. The fraction of sp³-hybridized carbons (Fsp3) is 0.435. The van der Waals surface area contributed by atoms with Crippen LogP contribution in [0.2, 0.25) is 0 Å². The third kappa shape index (κ3) is 5.26. The molecule has 0 aromatic heterocycles. The number of methoxy groups -OCH3 is 2. The van der Waals surface area contributed by atoms with Gasteiger partial charge in [0.05, 0.1) is 20.3 Å². The molecule has 0 radical (unpaired) electrons. The summed E-state index contributed by atoms with van der Waals surface area (Å²) in [6.07, 6.45) is 3.61. The van der Waals surface area contributed by atoms with E-state index >= 15 is 0 Å². The Morgan fingerprint density at radius 3 is 2.43 bits per heavy atom. The summed E-state index contributed by atoms with van der Waals surface area (Å²) < 4.78 is 10.7. The Kier molecular flexibility index (Phi) is 7.31. The van der Waals surface area contributed by atoms with Crippen molar-refractivity contribution in [2.75, 3.05) is 33.9 Å². The highest BCUT2D eigenvalue weighted by Crippen LogP contribution is 2.31. The van der Waals surface area contributed by atoms with Crippen LogP contribution in [0.1, 0.15) is 36.4 Å². The fourth-order valence-corrected chi connectivity index (χ4v) is 3.78. The van der Waals surface area contributed by atoms with Gasteiger partial charge in [0.15, 0.2) is 0 Å². The second kappa shape index (κ2) is 10.1. The fourth-order valence-electron chi connectivity index (χ4n) is 3.78. The maximum Gasteiger partial charge on any atom is 0.220 e. The molecule has 1 saturated heterocycles. The van der Waals surface area contributed by atoms with Crippen LogP contribution in [0, 0.1) is 0 Å². The third-order valence-electron chi connectivity index (χ3n) is 5.37. The van der Waals surface area contributed by atoms with Gasteiger partial charge < -0.3 is 14.8 Å². The molecule has 3 rings (SSSR count). The molecule has 0 saturated carbocycles. The van der Waals surface area contributed by atoms with Crippen LogP contribution < -0.4 is 14.8 Å². The SMILES string of the molecule is COc1ccc(CCC(=O)NCC(c2ccccc2OC)N2CCCC2)cc1. The number of aryl methyl sites for hydroxylation is 1. The molecule has 150 valence electrons. The zero-order valence-electron chi connectivity index (χ0n) is 16.8. The van der Waals surface area contributed by atoms with Crippen LogP contribution in [-0.4, -0.2) is 44.7 Å². The van der Waals surface area contributed by atoms with Crippen LogP contribution in [-0.2, 0) is 11.2 Å². The van der Waals surface area contributed by atoms with E-state index in [1.54, 1.807) is 14.2 Å². The molecule has 0 bridgehead atoms. The number of hydrogen-bond donors (Lipinski definition) is 1. The Labute approximate surface area is 167 Å². The molecule has 0 spiro atoms. The largest absolute Gasteiger partial charge is 0.497 e. The molecular weight excluding hydrogens is 352 g/mol. The second-order valence-electron chi connectivity index (χ2n) is 7.15. The van der Waals surface area contributed by atoms with Gasteiger partial charge in [0, 0.05) is 18.5 Å². The summed E-state index contributed by atoms with van der Waals surface area (Å²) in [7, 11) is 3.36. The number of para-hydroxylation sites is 1. The first-order valence-corrected chi connectivity index (χ1v) is 9.98. The lowest BCUT2D eigenvalue weighted by Crippen LogP contribution is -2.37. The number of nitrogens with zero attached hydrogens (tertiary/aromatic N) is 1. The molecular formula is C23H30N2O3. The van der Waals surface area contributed by atoms with Gasteiger partial charge in [-0.05, 0) is 56.1 Å². The van der Waals surface area contributed by atoms with E-state index in [0.29, 0.717) is 13.0 Å². The minimum atomic E-state index is 0.0786. The lowest BCUT2D eigenvalue weighted by atomic mass is 10.0. The number of rotatable bonds is 9. The highest BCUT2D eigenvalue weighted by molar-refractivity contribution is 5.76. The maximum absolute atomic E-state index is 12.5. The molecule has 1 unspecified atom stereocenters. The Morgan fingerprint density at radius 2 is 1.75 bits per heavy atom. The van der Waals surface area contributed by atoms with Gasteiger partial charge in [0.1, 0.15) is 11.5 Å². The van der Waals surface area contributed by atoms with E-state index in [0.717, 1.165) is 42.1 Å². The van der Waals surface area contributed by atoms with E-state index in [-0.39, 0.29) is 11.9 Å². The summed E-state index contributed by atoms with van der Waals surface area (Å²) in [5.41, 5.74) is 2.28. The molecule has 1 amide bonds. The molecule has 1 N–H and O–H groups in total. The van der Waals surface area contributed by atoms with E-state index in [1.807, 2.05) is 42.5 Å². The van der Waals surface area contributed by atoms with Crippen LogP contribution in [0.15, 0.2) is 48.5 Å². The standard InChI is InChI=1S/C23H30N2O3/c1-27-19-12-9-18(10-13-19)11-14-23(26)24-17-21(25-15-5-6-16-25)20-7-3-4-8-22(20)28-2/h3-4,7-10,12-13,21H,5-6,11,14-17H2,1-2H3,(H,24,26). The number of benzene rings is 2. The zero-order chi connectivity index (χ0) is 19.8. The summed E-state index contributed by atoms with van der Waals surface area (Å²) in [4.78, 5) is 14.9. The summed E-state index contributed by atoms with van der Waals surface area (Å²) in [5, 5.41) is 3.14. The quantitative estimate of drug-likeness (QED) is 0.720. The number of likely N-dealkylation sites (tertiary alicyclic amines) is 1. The summed E-state index contributed by atoms with van der Waals surface area (Å²) in [6, 6.07) is 16.1. The number of amides is 1. The smallest absolute Gasteiger partial charge is 0.220 e. The normalized spacial score (nSPS) is 15.2. The van der Waals surface area contributed by atoms with Crippen LogP contribution in [0.4, 0.5) is 0 Å². The average molecular weight is 383 g/mol. The minimum Gasteiger partial charge on any atom is -0.497 e. The van der Waals surface area contributed by atoms with Gasteiger partial charge in [0.2, 0.25) is 5.91 Å². The molecule has 1 aliphatic heterocycles. The van der Waals surface area contributed by atoms with E-state index in [9.17, 15) is 4.79 Å². The number of carbonyl (C=O) groups is 1. The number of nitrogens with one attached hydrogen (secondary N) is 1.